The van der Waals surface area contributed by atoms with Crippen molar-refractivity contribution in [1.82, 2.24) is 9.97 Å². The summed E-state index contributed by atoms with van der Waals surface area (Å²) in [6.07, 6.45) is -0.214. The first-order valence-corrected chi connectivity index (χ1v) is 7.33. The van der Waals surface area contributed by atoms with Crippen molar-refractivity contribution in [1.29, 1.82) is 10.5 Å². The molecule has 22 heavy (non-hydrogen) atoms. The lowest BCUT2D eigenvalue weighted by Gasteiger charge is -2.17. The molecule has 0 amide bonds. The van der Waals surface area contributed by atoms with Crippen molar-refractivity contribution in [3.05, 3.63) is 30.1 Å². The number of aromatic amines is 1. The van der Waals surface area contributed by atoms with Crippen LogP contribution in [0.5, 0.6) is 0 Å². The van der Waals surface area contributed by atoms with Crippen LogP contribution >= 0.6 is 11.8 Å². The summed E-state index contributed by atoms with van der Waals surface area (Å²) >= 11 is -0.226. The van der Waals surface area contributed by atoms with Crippen LogP contribution in [0.4, 0.5) is 13.2 Å². The van der Waals surface area contributed by atoms with Crippen LogP contribution in [0.3, 0.4) is 0 Å². The summed E-state index contributed by atoms with van der Waals surface area (Å²) < 4.78 is 36.6. The quantitative estimate of drug-likeness (QED) is 0.908. The van der Waals surface area contributed by atoms with Gasteiger partial charge in [0.25, 0.3) is 0 Å². The number of para-hydroxylation sites is 2. The topological polar surface area (TPSA) is 76.3 Å². The van der Waals surface area contributed by atoms with Crippen molar-refractivity contribution >= 4 is 22.8 Å². The minimum Gasteiger partial charge on any atom is -0.342 e. The van der Waals surface area contributed by atoms with Crippen LogP contribution < -0.4 is 0 Å². The molecule has 2 rings (SSSR count). The highest BCUT2D eigenvalue weighted by Crippen LogP contribution is 2.34. The molecule has 0 aliphatic heterocycles. The van der Waals surface area contributed by atoms with Crippen LogP contribution in [0.2, 0.25) is 0 Å². The predicted octanol–water partition coefficient (Wildman–Crippen LogP) is 3.78. The molecule has 1 aromatic heterocycles. The highest BCUT2D eigenvalue weighted by Gasteiger charge is 2.35. The summed E-state index contributed by atoms with van der Waals surface area (Å²) in [5.41, 5.74) is -4.44. The summed E-state index contributed by atoms with van der Waals surface area (Å²) in [4.78, 5) is 7.25. The number of halogens is 3. The van der Waals surface area contributed by atoms with Crippen molar-refractivity contribution < 1.29 is 13.2 Å². The molecule has 0 spiro atoms. The van der Waals surface area contributed by atoms with Gasteiger partial charge in [-0.1, -0.05) is 23.9 Å². The van der Waals surface area contributed by atoms with E-state index in [-0.39, 0.29) is 30.4 Å². The molecule has 1 heterocycles. The fourth-order valence-electron chi connectivity index (χ4n) is 2.02. The number of benzene rings is 1. The number of H-pyrrole nitrogens is 1. The van der Waals surface area contributed by atoms with Crippen LogP contribution in [0.15, 0.2) is 24.3 Å². The van der Waals surface area contributed by atoms with Crippen LogP contribution in [-0.2, 0) is 6.42 Å². The number of nitriles is 2. The number of rotatable bonds is 5. The molecule has 0 radical (unpaired) electrons. The predicted molar refractivity (Wildman–Crippen MR) is 76.6 cm³/mol. The normalized spacial score (nSPS) is 12.0. The Balaban J connectivity index is 2.14. The molecule has 0 aliphatic rings. The number of fused-ring (bicyclic) bond motifs is 1. The third-order valence-corrected chi connectivity index (χ3v) is 3.87. The Morgan fingerprint density at radius 2 is 1.86 bits per heavy atom. The van der Waals surface area contributed by atoms with Crippen LogP contribution in [-0.4, -0.2) is 21.2 Å². The first-order valence-electron chi connectivity index (χ1n) is 6.34. The number of hydrogen-bond donors (Lipinski definition) is 1. The molecule has 0 aliphatic carbocycles. The van der Waals surface area contributed by atoms with Crippen molar-refractivity contribution in [2.45, 2.75) is 18.3 Å². The van der Waals surface area contributed by atoms with E-state index in [2.05, 4.69) is 9.97 Å². The molecule has 114 valence electrons. The van der Waals surface area contributed by atoms with Gasteiger partial charge >= 0.3 is 5.51 Å². The van der Waals surface area contributed by atoms with Gasteiger partial charge in [0.2, 0.25) is 0 Å². The van der Waals surface area contributed by atoms with Gasteiger partial charge in [-0.3, -0.25) is 0 Å². The Bertz CT molecular complexity index is 692. The fraction of sp³-hybridized carbons (Fsp3) is 0.357. The summed E-state index contributed by atoms with van der Waals surface area (Å²) in [5, 5.41) is 18.5. The molecule has 0 fully saturated rings. The lowest BCUT2D eigenvalue weighted by molar-refractivity contribution is -0.0328. The highest BCUT2D eigenvalue weighted by atomic mass is 32.2. The van der Waals surface area contributed by atoms with Gasteiger partial charge in [-0.25, -0.2) is 4.98 Å². The van der Waals surface area contributed by atoms with E-state index in [0.29, 0.717) is 11.3 Å². The smallest absolute Gasteiger partial charge is 0.342 e. The molecular formula is C14H11F3N4S. The van der Waals surface area contributed by atoms with E-state index in [9.17, 15) is 23.7 Å². The largest absolute Gasteiger partial charge is 0.441 e. The molecule has 0 unspecified atom stereocenters. The molecule has 0 atom stereocenters. The van der Waals surface area contributed by atoms with Crippen LogP contribution in [0.25, 0.3) is 11.0 Å². The van der Waals surface area contributed by atoms with Gasteiger partial charge in [0.15, 0.2) is 5.41 Å². The number of hydrogen-bond acceptors (Lipinski definition) is 4. The summed E-state index contributed by atoms with van der Waals surface area (Å²) in [7, 11) is 0. The van der Waals surface area contributed by atoms with Gasteiger partial charge < -0.3 is 4.98 Å². The van der Waals surface area contributed by atoms with Gasteiger partial charge in [-0.05, 0) is 18.6 Å². The van der Waals surface area contributed by atoms with Gasteiger partial charge in [0.1, 0.15) is 5.82 Å². The van der Waals surface area contributed by atoms with E-state index in [0.717, 1.165) is 5.52 Å². The lowest BCUT2D eigenvalue weighted by atomic mass is 9.85. The average molecular weight is 324 g/mol. The average Bonchev–Trinajstić information content (AvgIpc) is 2.87. The van der Waals surface area contributed by atoms with Gasteiger partial charge in [-0.2, -0.15) is 23.7 Å². The third-order valence-electron chi connectivity index (χ3n) is 3.13. The minimum absolute atomic E-state index is 0.0346. The van der Waals surface area contributed by atoms with Crippen LogP contribution in [0, 0.1) is 28.1 Å². The molecular weight excluding hydrogens is 313 g/mol. The van der Waals surface area contributed by atoms with Crippen molar-refractivity contribution in [3.63, 3.8) is 0 Å². The number of thioether (sulfide) groups is 1. The summed E-state index contributed by atoms with van der Waals surface area (Å²) in [6, 6.07) is 10.9. The van der Waals surface area contributed by atoms with E-state index in [1.165, 1.54) is 0 Å². The van der Waals surface area contributed by atoms with Crippen molar-refractivity contribution in [2.75, 3.05) is 5.75 Å². The zero-order valence-corrected chi connectivity index (χ0v) is 12.1. The summed E-state index contributed by atoms with van der Waals surface area (Å²) in [5.74, 6) is 0.0755. The monoisotopic (exact) mass is 324 g/mol. The number of nitrogens with zero attached hydrogens (tertiary/aromatic N) is 3. The van der Waals surface area contributed by atoms with Crippen molar-refractivity contribution in [3.8, 4) is 12.1 Å². The minimum atomic E-state index is -4.37. The number of nitrogens with one attached hydrogen (secondary N) is 1. The molecule has 1 aromatic carbocycles. The number of imidazole rings is 1. The first-order chi connectivity index (χ1) is 10.4. The molecule has 1 N–H and O–H groups in total. The highest BCUT2D eigenvalue weighted by molar-refractivity contribution is 8.00. The molecule has 2 aromatic rings. The maximum atomic E-state index is 12.2. The van der Waals surface area contributed by atoms with Gasteiger partial charge in [-0.15, -0.1) is 0 Å². The maximum absolute atomic E-state index is 12.2. The van der Waals surface area contributed by atoms with E-state index in [4.69, 9.17) is 0 Å². The zero-order valence-electron chi connectivity index (χ0n) is 11.3. The van der Waals surface area contributed by atoms with E-state index < -0.39 is 10.9 Å². The second-order valence-electron chi connectivity index (χ2n) is 4.73. The molecule has 0 bridgehead atoms. The third kappa shape index (κ3) is 3.92. The van der Waals surface area contributed by atoms with Gasteiger partial charge in [0, 0.05) is 12.2 Å². The second kappa shape index (κ2) is 6.29. The van der Waals surface area contributed by atoms with Gasteiger partial charge in [0.05, 0.1) is 23.2 Å². The Morgan fingerprint density at radius 3 is 2.45 bits per heavy atom. The Labute approximate surface area is 129 Å². The van der Waals surface area contributed by atoms with Crippen molar-refractivity contribution in [2.24, 2.45) is 5.41 Å². The van der Waals surface area contributed by atoms with E-state index in [1.807, 2.05) is 18.2 Å². The maximum Gasteiger partial charge on any atom is 0.441 e. The van der Waals surface area contributed by atoms with E-state index in [1.54, 1.807) is 18.2 Å². The standard InChI is InChI=1S/C14H11F3N4S/c15-14(16,17)22-6-5-13(8-18,9-19)7-12-20-10-3-1-2-4-11(10)21-12/h1-4H,5-7H2,(H,20,21). The SMILES string of the molecule is N#CC(C#N)(CCSC(F)(F)F)Cc1nc2ccccc2[nH]1. The Kier molecular flexibility index (Phi) is 4.62. The molecule has 0 saturated carbocycles. The number of aromatic nitrogens is 2. The van der Waals surface area contributed by atoms with E-state index >= 15 is 0 Å². The Hall–Kier alpha value is -2.19. The lowest BCUT2D eigenvalue weighted by Crippen LogP contribution is -2.22. The summed E-state index contributed by atoms with van der Waals surface area (Å²) in [6.45, 7) is 0. The first kappa shape index (κ1) is 16.2. The molecule has 4 nitrogen and oxygen atoms in total. The molecule has 8 heteroatoms. The van der Waals surface area contributed by atoms with Crippen LogP contribution in [0.1, 0.15) is 12.2 Å². The zero-order chi connectivity index (χ0) is 16.2. The Morgan fingerprint density at radius 1 is 1.18 bits per heavy atom. The fourth-order valence-corrected chi connectivity index (χ4v) is 2.70. The molecule has 0 saturated heterocycles. The second-order valence-corrected chi connectivity index (χ2v) is 5.89. The number of alkyl halides is 3.